The van der Waals surface area contributed by atoms with Gasteiger partial charge in [0.05, 0.1) is 6.10 Å². The third-order valence-electron chi connectivity index (χ3n) is 3.58. The Balaban J connectivity index is 2.53. The van der Waals surface area contributed by atoms with E-state index < -0.39 is 17.9 Å². The minimum Gasteiger partial charge on any atom is -0.478 e. The van der Waals surface area contributed by atoms with Crippen LogP contribution in [0.3, 0.4) is 0 Å². The highest BCUT2D eigenvalue weighted by atomic mass is 16.5. The lowest BCUT2D eigenvalue weighted by Crippen LogP contribution is -2.48. The largest absolute Gasteiger partial charge is 0.478 e. The Morgan fingerprint density at radius 2 is 1.76 bits per heavy atom. The van der Waals surface area contributed by atoms with Crippen LogP contribution in [0.1, 0.15) is 33.6 Å². The summed E-state index contributed by atoms with van der Waals surface area (Å²) in [6.45, 7) is 6.32. The van der Waals surface area contributed by atoms with Gasteiger partial charge in [0, 0.05) is 30.8 Å². The maximum Gasteiger partial charge on any atom is 0.331 e. The Labute approximate surface area is 123 Å². The molecule has 0 unspecified atom stereocenters. The molecule has 1 saturated heterocycles. The van der Waals surface area contributed by atoms with E-state index in [2.05, 4.69) is 5.32 Å². The van der Waals surface area contributed by atoms with Crippen molar-refractivity contribution in [2.24, 2.45) is 0 Å². The summed E-state index contributed by atoms with van der Waals surface area (Å²) in [7, 11) is 0. The summed E-state index contributed by atoms with van der Waals surface area (Å²) in [5, 5.41) is 11.0. The number of rotatable bonds is 4. The lowest BCUT2D eigenvalue weighted by Gasteiger charge is -2.31. The van der Waals surface area contributed by atoms with Crippen LogP contribution in [0.25, 0.3) is 0 Å². The van der Waals surface area contributed by atoms with Crippen molar-refractivity contribution >= 4 is 17.9 Å². The van der Waals surface area contributed by atoms with Gasteiger partial charge in [-0.25, -0.2) is 9.59 Å². The van der Waals surface area contributed by atoms with Gasteiger partial charge in [-0.1, -0.05) is 0 Å². The molecule has 0 atom stereocenters. The Bertz CT molecular complexity index is 450. The first-order valence-electron chi connectivity index (χ1n) is 6.99. The molecule has 0 saturated carbocycles. The van der Waals surface area contributed by atoms with Gasteiger partial charge in [0.25, 0.3) is 5.91 Å². The van der Waals surface area contributed by atoms with E-state index in [1.54, 1.807) is 0 Å². The molecule has 0 bridgehead atoms. The SMILES string of the molecule is CCOC1CCN(C(=O)NC(=O)C(C)=C(C)C(=O)O)CC1. The zero-order chi connectivity index (χ0) is 16.0. The molecular weight excluding hydrogens is 276 g/mol. The molecule has 7 nitrogen and oxygen atoms in total. The second kappa shape index (κ2) is 7.78. The normalized spacial score (nSPS) is 17.2. The number of nitrogens with zero attached hydrogens (tertiary/aromatic N) is 1. The third-order valence-corrected chi connectivity index (χ3v) is 3.58. The fourth-order valence-corrected chi connectivity index (χ4v) is 2.06. The first-order valence-corrected chi connectivity index (χ1v) is 6.99. The van der Waals surface area contributed by atoms with Gasteiger partial charge in [0.2, 0.25) is 0 Å². The molecule has 0 aromatic carbocycles. The van der Waals surface area contributed by atoms with Crippen LogP contribution >= 0.6 is 0 Å². The highest BCUT2D eigenvalue weighted by molar-refractivity contribution is 6.07. The average Bonchev–Trinajstić information content (AvgIpc) is 2.46. The van der Waals surface area contributed by atoms with Crippen LogP contribution in [0.2, 0.25) is 0 Å². The minimum atomic E-state index is -1.17. The van der Waals surface area contributed by atoms with Crippen molar-refractivity contribution < 1.29 is 24.2 Å². The molecule has 0 aliphatic carbocycles. The molecule has 2 N–H and O–H groups in total. The number of urea groups is 1. The predicted octanol–water partition coefficient (Wildman–Crippen LogP) is 1.14. The van der Waals surface area contributed by atoms with Gasteiger partial charge in [0.15, 0.2) is 0 Å². The number of hydrogen-bond acceptors (Lipinski definition) is 4. The summed E-state index contributed by atoms with van der Waals surface area (Å²) in [4.78, 5) is 36.1. The van der Waals surface area contributed by atoms with Crippen LogP contribution in [0.4, 0.5) is 4.79 Å². The van der Waals surface area contributed by atoms with Crippen molar-refractivity contribution in [3.8, 4) is 0 Å². The number of carbonyl (C=O) groups excluding carboxylic acids is 2. The fourth-order valence-electron chi connectivity index (χ4n) is 2.06. The summed E-state index contributed by atoms with van der Waals surface area (Å²) in [6.07, 6.45) is 1.63. The minimum absolute atomic E-state index is 0.0278. The lowest BCUT2D eigenvalue weighted by atomic mass is 10.1. The number of carboxylic acids is 1. The van der Waals surface area contributed by atoms with Crippen LogP contribution in [0.5, 0.6) is 0 Å². The van der Waals surface area contributed by atoms with E-state index in [4.69, 9.17) is 9.84 Å². The van der Waals surface area contributed by atoms with E-state index in [1.165, 1.54) is 18.7 Å². The maximum atomic E-state index is 12.0. The number of aliphatic carboxylic acids is 1. The smallest absolute Gasteiger partial charge is 0.331 e. The van der Waals surface area contributed by atoms with E-state index >= 15 is 0 Å². The summed E-state index contributed by atoms with van der Waals surface area (Å²) < 4.78 is 5.49. The van der Waals surface area contributed by atoms with Gasteiger partial charge in [-0.2, -0.15) is 0 Å². The number of carbonyl (C=O) groups is 3. The van der Waals surface area contributed by atoms with E-state index in [0.29, 0.717) is 19.7 Å². The molecule has 1 fully saturated rings. The number of piperidine rings is 1. The van der Waals surface area contributed by atoms with Crippen LogP contribution in [-0.4, -0.2) is 53.7 Å². The highest BCUT2D eigenvalue weighted by Gasteiger charge is 2.24. The Morgan fingerprint density at radius 1 is 1.19 bits per heavy atom. The van der Waals surface area contributed by atoms with E-state index in [1.807, 2.05) is 6.92 Å². The number of nitrogens with one attached hydrogen (secondary N) is 1. The number of amides is 3. The van der Waals surface area contributed by atoms with Crippen LogP contribution in [0.15, 0.2) is 11.1 Å². The summed E-state index contributed by atoms with van der Waals surface area (Å²) >= 11 is 0. The summed E-state index contributed by atoms with van der Waals surface area (Å²) in [5.74, 6) is -1.85. The highest BCUT2D eigenvalue weighted by Crippen LogP contribution is 2.13. The zero-order valence-electron chi connectivity index (χ0n) is 12.6. The van der Waals surface area contributed by atoms with Crippen LogP contribution in [0, 0.1) is 0 Å². The number of imide groups is 1. The number of carboxylic acid groups (broad SMARTS) is 1. The van der Waals surface area contributed by atoms with Gasteiger partial charge in [-0.05, 0) is 33.6 Å². The first kappa shape index (κ1) is 17.2. The second-order valence-corrected chi connectivity index (χ2v) is 4.96. The van der Waals surface area contributed by atoms with Crippen LogP contribution < -0.4 is 5.32 Å². The molecule has 0 aromatic heterocycles. The Hall–Kier alpha value is -1.89. The van der Waals surface area contributed by atoms with Crippen LogP contribution in [-0.2, 0) is 14.3 Å². The predicted molar refractivity (Wildman–Crippen MR) is 75.8 cm³/mol. The molecule has 118 valence electrons. The van der Waals surface area contributed by atoms with Gasteiger partial charge in [-0.3, -0.25) is 10.1 Å². The molecule has 21 heavy (non-hydrogen) atoms. The van der Waals surface area contributed by atoms with Crippen molar-refractivity contribution in [3.63, 3.8) is 0 Å². The third kappa shape index (κ3) is 4.86. The molecule has 0 radical (unpaired) electrons. The number of hydrogen-bond donors (Lipinski definition) is 2. The van der Waals surface area contributed by atoms with Crippen molar-refractivity contribution in [2.75, 3.05) is 19.7 Å². The molecule has 1 aliphatic heterocycles. The maximum absolute atomic E-state index is 12.0. The fraction of sp³-hybridized carbons (Fsp3) is 0.643. The second-order valence-electron chi connectivity index (χ2n) is 4.96. The molecule has 0 spiro atoms. The number of ether oxygens (including phenoxy) is 1. The molecule has 1 rings (SSSR count). The Kier molecular flexibility index (Phi) is 6.36. The molecule has 0 aromatic rings. The average molecular weight is 298 g/mol. The zero-order valence-corrected chi connectivity index (χ0v) is 12.6. The standard InChI is InChI=1S/C14H22N2O5/c1-4-21-11-5-7-16(8-6-11)14(20)15-12(17)9(2)10(3)13(18)19/h11H,4-8H2,1-3H3,(H,18,19)(H,15,17,20). The van der Waals surface area contributed by atoms with Gasteiger partial charge < -0.3 is 14.7 Å². The monoisotopic (exact) mass is 298 g/mol. The van der Waals surface area contributed by atoms with Gasteiger partial charge in [0.1, 0.15) is 0 Å². The number of likely N-dealkylation sites (tertiary alicyclic amines) is 1. The molecule has 7 heteroatoms. The summed E-state index contributed by atoms with van der Waals surface area (Å²) in [6, 6.07) is -0.493. The molecule has 3 amide bonds. The van der Waals surface area contributed by atoms with Gasteiger partial charge in [-0.15, -0.1) is 0 Å². The Morgan fingerprint density at radius 3 is 2.24 bits per heavy atom. The quantitative estimate of drug-likeness (QED) is 0.759. The molecular formula is C14H22N2O5. The summed E-state index contributed by atoms with van der Waals surface area (Å²) in [5.41, 5.74) is -0.0459. The van der Waals surface area contributed by atoms with Crippen molar-refractivity contribution in [2.45, 2.75) is 39.7 Å². The molecule has 1 heterocycles. The topological polar surface area (TPSA) is 95.9 Å². The van der Waals surface area contributed by atoms with Crippen molar-refractivity contribution in [3.05, 3.63) is 11.1 Å². The van der Waals surface area contributed by atoms with E-state index in [-0.39, 0.29) is 17.3 Å². The van der Waals surface area contributed by atoms with Gasteiger partial charge >= 0.3 is 12.0 Å². The van der Waals surface area contributed by atoms with E-state index in [0.717, 1.165) is 12.8 Å². The van der Waals surface area contributed by atoms with Crippen molar-refractivity contribution in [1.29, 1.82) is 0 Å². The first-order chi connectivity index (χ1) is 9.86. The molecule has 1 aliphatic rings. The van der Waals surface area contributed by atoms with Crippen molar-refractivity contribution in [1.82, 2.24) is 10.2 Å². The lowest BCUT2D eigenvalue weighted by molar-refractivity contribution is -0.133. The van der Waals surface area contributed by atoms with E-state index in [9.17, 15) is 14.4 Å².